The molecule has 1 saturated heterocycles. The van der Waals surface area contributed by atoms with E-state index in [2.05, 4.69) is 40.7 Å². The highest BCUT2D eigenvalue weighted by Gasteiger charge is 2.72. The Labute approximate surface area is 277 Å². The fourth-order valence-electron chi connectivity index (χ4n) is 12.2. The summed E-state index contributed by atoms with van der Waals surface area (Å²) in [5.74, 6) is -2.29. The molecule has 47 heavy (non-hydrogen) atoms. The second kappa shape index (κ2) is 11.2. The molecule has 15 atom stereocenters. The van der Waals surface area contributed by atoms with Gasteiger partial charge in [-0.25, -0.2) is 0 Å². The summed E-state index contributed by atoms with van der Waals surface area (Å²) in [6, 6.07) is 0. The number of allylic oxidation sites excluding steroid dienone is 2. The Hall–Kier alpha value is -1.60. The maximum atomic E-state index is 13.3. The zero-order chi connectivity index (χ0) is 34.7. The van der Waals surface area contributed by atoms with Crippen LogP contribution < -0.4 is 0 Å². The Morgan fingerprint density at radius 1 is 0.851 bits per heavy atom. The van der Waals surface area contributed by atoms with Crippen molar-refractivity contribution in [1.29, 1.82) is 0 Å². The lowest BCUT2D eigenvalue weighted by Crippen LogP contribution is -2.70. The topological polar surface area (TPSA) is 194 Å². The van der Waals surface area contributed by atoms with E-state index in [9.17, 15) is 45.3 Å². The molecule has 11 nitrogen and oxygen atoms in total. The summed E-state index contributed by atoms with van der Waals surface area (Å²) in [5.41, 5.74) is -2.22. The van der Waals surface area contributed by atoms with Crippen LogP contribution in [0.3, 0.4) is 0 Å². The highest BCUT2D eigenvalue weighted by atomic mass is 16.7. The van der Waals surface area contributed by atoms with Crippen molar-refractivity contribution in [2.24, 2.45) is 50.2 Å². The van der Waals surface area contributed by atoms with Gasteiger partial charge in [0.2, 0.25) is 0 Å². The number of carboxylic acids is 2. The van der Waals surface area contributed by atoms with E-state index in [1.54, 1.807) is 6.92 Å². The van der Waals surface area contributed by atoms with E-state index < -0.39 is 83.6 Å². The molecule has 5 aliphatic carbocycles. The third-order valence-corrected chi connectivity index (χ3v) is 15.2. The monoisotopic (exact) mass is 664 g/mol. The quantitative estimate of drug-likeness (QED) is 0.169. The minimum Gasteiger partial charge on any atom is -0.481 e. The van der Waals surface area contributed by atoms with E-state index in [1.165, 1.54) is 5.57 Å². The van der Waals surface area contributed by atoms with Gasteiger partial charge in [-0.05, 0) is 104 Å². The van der Waals surface area contributed by atoms with Crippen molar-refractivity contribution in [3.63, 3.8) is 0 Å². The smallest absolute Gasteiger partial charge is 0.312 e. The van der Waals surface area contributed by atoms with Gasteiger partial charge in [-0.1, -0.05) is 46.3 Å². The lowest BCUT2D eigenvalue weighted by atomic mass is 9.33. The summed E-state index contributed by atoms with van der Waals surface area (Å²) < 4.78 is 11.7. The van der Waals surface area contributed by atoms with E-state index in [-0.39, 0.29) is 34.5 Å². The number of carboxylic acid groups (broad SMARTS) is 2. The normalized spacial score (nSPS) is 53.8. The molecule has 6 rings (SSSR count). The molecular weight excluding hydrogens is 608 g/mol. The van der Waals surface area contributed by atoms with E-state index >= 15 is 0 Å². The molecule has 0 aromatic rings. The standard InChI is InChI=1S/C36H56O11/c1-31(2)11-13-36(30(44)45)14-12-33(4)18(19(36)15-31)7-8-22-32(3)16-20(38)27(35(6,29(42)43)23(32)9-10-34(22,33)5)47-28-26(41)25(40)24(39)21(17-37)46-28/h7,19-28,37-41H,8-17H2,1-6H3,(H,42,43)(H,44,45)/t19-,20-,21+,22?,23?,24+,25-,26+,27?,28-,32+,33+,34+,35-,36?/m0/s1. The molecule has 0 aromatic heterocycles. The summed E-state index contributed by atoms with van der Waals surface area (Å²) in [5, 5.41) is 74.4. The molecule has 4 saturated carbocycles. The van der Waals surface area contributed by atoms with Crippen LogP contribution in [0.15, 0.2) is 11.6 Å². The van der Waals surface area contributed by atoms with Gasteiger partial charge in [-0.15, -0.1) is 0 Å². The molecule has 0 amide bonds. The predicted octanol–water partition coefficient (Wildman–Crippen LogP) is 3.09. The molecule has 6 aliphatic rings. The van der Waals surface area contributed by atoms with E-state index in [4.69, 9.17) is 9.47 Å². The Balaban J connectivity index is 1.36. The molecule has 0 bridgehead atoms. The number of rotatable bonds is 5. The minimum atomic E-state index is -1.73. The number of hydrogen-bond acceptors (Lipinski definition) is 9. The van der Waals surface area contributed by atoms with Gasteiger partial charge in [0.05, 0.1) is 23.5 Å². The summed E-state index contributed by atoms with van der Waals surface area (Å²) >= 11 is 0. The van der Waals surface area contributed by atoms with Crippen molar-refractivity contribution < 1.29 is 54.8 Å². The molecule has 4 unspecified atom stereocenters. The summed E-state index contributed by atoms with van der Waals surface area (Å²) in [4.78, 5) is 26.3. The van der Waals surface area contributed by atoms with Crippen LogP contribution in [0.5, 0.6) is 0 Å². The van der Waals surface area contributed by atoms with Crippen LogP contribution in [-0.4, -0.2) is 97.2 Å². The Morgan fingerprint density at radius 2 is 1.51 bits per heavy atom. The van der Waals surface area contributed by atoms with Crippen molar-refractivity contribution in [2.45, 2.75) is 142 Å². The summed E-state index contributed by atoms with van der Waals surface area (Å²) in [6.07, 6.45) is -2.13. The van der Waals surface area contributed by atoms with Gasteiger partial charge in [-0.3, -0.25) is 9.59 Å². The SMILES string of the molecule is CC1(C)CCC2(C(=O)O)CC[C@]3(C)C(=CCC4[C@@]5(C)C[C@H](O)C(O[C@@H]6O[C@H](CO)[C@@H](O)[C@H](O)[C@H]6O)[C@@](C)(C(=O)O)C5CC[C@]43C)[C@@H]2C1. The van der Waals surface area contributed by atoms with Crippen molar-refractivity contribution in [2.75, 3.05) is 6.61 Å². The molecule has 266 valence electrons. The van der Waals surface area contributed by atoms with Gasteiger partial charge in [0.1, 0.15) is 30.5 Å². The molecule has 1 heterocycles. The van der Waals surface area contributed by atoms with Crippen molar-refractivity contribution in [1.82, 2.24) is 0 Å². The predicted molar refractivity (Wildman–Crippen MR) is 169 cm³/mol. The maximum Gasteiger partial charge on any atom is 0.312 e. The summed E-state index contributed by atoms with van der Waals surface area (Å²) in [7, 11) is 0. The number of hydrogen-bond donors (Lipinski definition) is 7. The molecule has 1 aliphatic heterocycles. The number of carbonyl (C=O) groups is 2. The van der Waals surface area contributed by atoms with E-state index in [1.807, 2.05) is 0 Å². The number of ether oxygens (including phenoxy) is 2. The van der Waals surface area contributed by atoms with E-state index in [0.717, 1.165) is 25.7 Å². The zero-order valence-corrected chi connectivity index (χ0v) is 28.7. The molecule has 7 N–H and O–H groups in total. The first-order valence-corrected chi connectivity index (χ1v) is 17.5. The van der Waals surface area contributed by atoms with Crippen LogP contribution >= 0.6 is 0 Å². The molecule has 0 aromatic carbocycles. The van der Waals surface area contributed by atoms with Gasteiger partial charge in [0.25, 0.3) is 0 Å². The van der Waals surface area contributed by atoms with Gasteiger partial charge in [0.15, 0.2) is 6.29 Å². The van der Waals surface area contributed by atoms with Gasteiger partial charge in [0, 0.05) is 0 Å². The van der Waals surface area contributed by atoms with Crippen molar-refractivity contribution in [3.8, 4) is 0 Å². The van der Waals surface area contributed by atoms with Gasteiger partial charge in [-0.2, -0.15) is 0 Å². The largest absolute Gasteiger partial charge is 0.481 e. The first-order valence-electron chi connectivity index (χ1n) is 17.5. The second-order valence-corrected chi connectivity index (χ2v) is 17.8. The van der Waals surface area contributed by atoms with Crippen LogP contribution in [0.4, 0.5) is 0 Å². The maximum absolute atomic E-state index is 13.3. The highest BCUT2D eigenvalue weighted by molar-refractivity contribution is 5.77. The Kier molecular flexibility index (Phi) is 8.40. The fraction of sp³-hybridized carbons (Fsp3) is 0.889. The molecule has 5 fully saturated rings. The summed E-state index contributed by atoms with van der Waals surface area (Å²) in [6.45, 7) is 12.1. The van der Waals surface area contributed by atoms with Crippen LogP contribution in [0.2, 0.25) is 0 Å². The lowest BCUT2D eigenvalue weighted by Gasteiger charge is -2.71. The Morgan fingerprint density at radius 3 is 2.13 bits per heavy atom. The van der Waals surface area contributed by atoms with Crippen molar-refractivity contribution >= 4 is 11.9 Å². The average Bonchev–Trinajstić information content (AvgIpc) is 2.98. The van der Waals surface area contributed by atoms with Crippen LogP contribution in [0, 0.1) is 50.2 Å². The zero-order valence-electron chi connectivity index (χ0n) is 28.7. The van der Waals surface area contributed by atoms with Crippen molar-refractivity contribution in [3.05, 3.63) is 11.6 Å². The van der Waals surface area contributed by atoms with Crippen LogP contribution in [0.1, 0.15) is 99.3 Å². The van der Waals surface area contributed by atoms with Gasteiger partial charge >= 0.3 is 11.9 Å². The number of aliphatic carboxylic acids is 2. The molecular formula is C36H56O11. The first kappa shape index (κ1) is 35.2. The van der Waals surface area contributed by atoms with Gasteiger partial charge < -0.3 is 45.2 Å². The fourth-order valence-corrected chi connectivity index (χ4v) is 12.2. The number of aliphatic hydroxyl groups excluding tert-OH is 5. The molecule has 0 radical (unpaired) electrons. The second-order valence-electron chi connectivity index (χ2n) is 17.8. The third kappa shape index (κ3) is 4.69. The average molecular weight is 665 g/mol. The highest BCUT2D eigenvalue weighted by Crippen LogP contribution is 2.76. The van der Waals surface area contributed by atoms with Crippen LogP contribution in [0.25, 0.3) is 0 Å². The Bertz CT molecular complexity index is 1310. The first-order chi connectivity index (χ1) is 21.7. The number of aliphatic hydroxyl groups is 5. The minimum absolute atomic E-state index is 0.0120. The molecule has 0 spiro atoms. The third-order valence-electron chi connectivity index (χ3n) is 15.2. The lowest BCUT2D eigenvalue weighted by molar-refractivity contribution is -0.340. The van der Waals surface area contributed by atoms with E-state index in [0.29, 0.717) is 25.7 Å². The number of fused-ring (bicyclic) bond motifs is 7. The molecule has 11 heteroatoms. The van der Waals surface area contributed by atoms with Crippen LogP contribution in [-0.2, 0) is 19.1 Å².